The van der Waals surface area contributed by atoms with E-state index in [-0.39, 0.29) is 0 Å². The van der Waals surface area contributed by atoms with Crippen LogP contribution in [0.15, 0.2) is 42.5 Å². The fraction of sp³-hybridized carbons (Fsp3) is 0.267. The SMILES string of the molecule is C=C(/C(=C\C)CCC)c1nc2ccccc2s1. The fourth-order valence-corrected chi connectivity index (χ4v) is 2.85. The summed E-state index contributed by atoms with van der Waals surface area (Å²) in [6.45, 7) is 8.45. The van der Waals surface area contributed by atoms with Gasteiger partial charge in [0.2, 0.25) is 0 Å². The topological polar surface area (TPSA) is 12.9 Å². The Labute approximate surface area is 107 Å². The normalized spacial score (nSPS) is 12.0. The van der Waals surface area contributed by atoms with Gasteiger partial charge in [-0.2, -0.15) is 0 Å². The molecule has 2 rings (SSSR count). The molecule has 1 nitrogen and oxygen atoms in total. The molecule has 88 valence electrons. The third-order valence-electron chi connectivity index (χ3n) is 2.81. The number of fused-ring (bicyclic) bond motifs is 1. The second-order valence-corrected chi connectivity index (χ2v) is 5.06. The highest BCUT2D eigenvalue weighted by Crippen LogP contribution is 2.31. The Hall–Kier alpha value is -1.41. The molecule has 0 unspecified atom stereocenters. The predicted molar refractivity (Wildman–Crippen MR) is 77.3 cm³/mol. The van der Waals surface area contributed by atoms with Crippen LogP contribution in [0.2, 0.25) is 0 Å². The van der Waals surface area contributed by atoms with Crippen molar-refractivity contribution < 1.29 is 0 Å². The van der Waals surface area contributed by atoms with Crippen molar-refractivity contribution in [3.05, 3.63) is 47.5 Å². The van der Waals surface area contributed by atoms with Crippen LogP contribution >= 0.6 is 11.3 Å². The second-order valence-electron chi connectivity index (χ2n) is 4.03. The van der Waals surface area contributed by atoms with Gasteiger partial charge in [0.05, 0.1) is 10.2 Å². The average molecular weight is 243 g/mol. The van der Waals surface area contributed by atoms with Crippen LogP contribution in [0.4, 0.5) is 0 Å². The third kappa shape index (κ3) is 2.47. The van der Waals surface area contributed by atoms with Crippen molar-refractivity contribution in [2.45, 2.75) is 26.7 Å². The lowest BCUT2D eigenvalue weighted by atomic mass is 10.0. The molecule has 0 aliphatic rings. The molecular weight excluding hydrogens is 226 g/mol. The number of hydrogen-bond donors (Lipinski definition) is 0. The number of allylic oxidation sites excluding steroid dienone is 3. The number of benzene rings is 1. The van der Waals surface area contributed by atoms with Crippen molar-refractivity contribution in [1.82, 2.24) is 4.98 Å². The number of hydrogen-bond acceptors (Lipinski definition) is 2. The van der Waals surface area contributed by atoms with E-state index in [1.807, 2.05) is 6.07 Å². The van der Waals surface area contributed by atoms with Gasteiger partial charge in [0.15, 0.2) is 0 Å². The summed E-state index contributed by atoms with van der Waals surface area (Å²) in [4.78, 5) is 4.64. The van der Waals surface area contributed by atoms with E-state index in [2.05, 4.69) is 49.7 Å². The number of nitrogens with zero attached hydrogens (tertiary/aromatic N) is 1. The van der Waals surface area contributed by atoms with E-state index in [1.165, 1.54) is 10.3 Å². The fourth-order valence-electron chi connectivity index (χ4n) is 1.88. The summed E-state index contributed by atoms with van der Waals surface area (Å²) in [5.41, 5.74) is 3.46. The maximum Gasteiger partial charge on any atom is 0.124 e. The summed E-state index contributed by atoms with van der Waals surface area (Å²) < 4.78 is 1.23. The minimum Gasteiger partial charge on any atom is -0.236 e. The lowest BCUT2D eigenvalue weighted by Crippen LogP contribution is -1.87. The number of thiazole rings is 1. The highest BCUT2D eigenvalue weighted by atomic mass is 32.1. The van der Waals surface area contributed by atoms with Crippen LogP contribution < -0.4 is 0 Å². The number of aromatic nitrogens is 1. The van der Waals surface area contributed by atoms with Gasteiger partial charge in [-0.15, -0.1) is 11.3 Å². The smallest absolute Gasteiger partial charge is 0.124 e. The average Bonchev–Trinajstić information content (AvgIpc) is 2.78. The summed E-state index contributed by atoms with van der Waals surface area (Å²) in [6.07, 6.45) is 4.37. The standard InChI is InChI=1S/C15H17NS/c1-4-8-12(5-2)11(3)15-16-13-9-6-7-10-14(13)17-15/h5-7,9-10H,3-4,8H2,1-2H3/b12-5-. The van der Waals surface area contributed by atoms with Gasteiger partial charge in [-0.1, -0.05) is 38.1 Å². The molecule has 0 aliphatic carbocycles. The summed E-state index contributed by atoms with van der Waals surface area (Å²) in [6, 6.07) is 8.24. The summed E-state index contributed by atoms with van der Waals surface area (Å²) >= 11 is 1.72. The first-order chi connectivity index (χ1) is 8.26. The first-order valence-corrected chi connectivity index (χ1v) is 6.78. The zero-order valence-electron chi connectivity index (χ0n) is 10.4. The van der Waals surface area contributed by atoms with Crippen LogP contribution in [-0.2, 0) is 0 Å². The quantitative estimate of drug-likeness (QED) is 0.684. The molecule has 1 aromatic heterocycles. The largest absolute Gasteiger partial charge is 0.236 e. The molecule has 0 atom stereocenters. The monoisotopic (exact) mass is 243 g/mol. The van der Waals surface area contributed by atoms with E-state index in [0.717, 1.165) is 28.9 Å². The van der Waals surface area contributed by atoms with Crippen molar-refractivity contribution >= 4 is 27.1 Å². The molecule has 0 N–H and O–H groups in total. The lowest BCUT2D eigenvalue weighted by Gasteiger charge is -2.05. The second kappa shape index (κ2) is 5.28. The van der Waals surface area contributed by atoms with Crippen molar-refractivity contribution in [2.24, 2.45) is 0 Å². The molecule has 17 heavy (non-hydrogen) atoms. The summed E-state index contributed by atoms with van der Waals surface area (Å²) in [5.74, 6) is 0. The van der Waals surface area contributed by atoms with E-state index in [9.17, 15) is 0 Å². The van der Waals surface area contributed by atoms with Gasteiger partial charge >= 0.3 is 0 Å². The van der Waals surface area contributed by atoms with E-state index < -0.39 is 0 Å². The molecule has 1 heterocycles. The first-order valence-electron chi connectivity index (χ1n) is 5.96. The molecule has 2 heteroatoms. The van der Waals surface area contributed by atoms with Crippen molar-refractivity contribution in [3.8, 4) is 0 Å². The zero-order valence-corrected chi connectivity index (χ0v) is 11.2. The van der Waals surface area contributed by atoms with Gasteiger partial charge in [0, 0.05) is 5.57 Å². The lowest BCUT2D eigenvalue weighted by molar-refractivity contribution is 0.928. The maximum atomic E-state index is 4.64. The van der Waals surface area contributed by atoms with Crippen molar-refractivity contribution in [2.75, 3.05) is 0 Å². The van der Waals surface area contributed by atoms with Gasteiger partial charge in [-0.05, 0) is 31.1 Å². The van der Waals surface area contributed by atoms with Gasteiger partial charge < -0.3 is 0 Å². The Morgan fingerprint density at radius 2 is 2.18 bits per heavy atom. The van der Waals surface area contributed by atoms with Crippen LogP contribution in [0.25, 0.3) is 15.8 Å². The van der Waals surface area contributed by atoms with Crippen LogP contribution in [0, 0.1) is 0 Å². The maximum absolute atomic E-state index is 4.64. The Kier molecular flexibility index (Phi) is 3.75. The van der Waals surface area contributed by atoms with Crippen molar-refractivity contribution in [1.29, 1.82) is 0 Å². The van der Waals surface area contributed by atoms with E-state index >= 15 is 0 Å². The highest BCUT2D eigenvalue weighted by Gasteiger charge is 2.09. The van der Waals surface area contributed by atoms with Crippen LogP contribution in [-0.4, -0.2) is 4.98 Å². The Morgan fingerprint density at radius 1 is 1.41 bits per heavy atom. The van der Waals surface area contributed by atoms with E-state index in [4.69, 9.17) is 0 Å². The van der Waals surface area contributed by atoms with Crippen LogP contribution in [0.1, 0.15) is 31.7 Å². The van der Waals surface area contributed by atoms with Crippen LogP contribution in [0.5, 0.6) is 0 Å². The summed E-state index contributed by atoms with van der Waals surface area (Å²) in [5, 5.41) is 1.05. The number of rotatable bonds is 4. The third-order valence-corrected chi connectivity index (χ3v) is 3.90. The minimum atomic E-state index is 1.05. The number of para-hydroxylation sites is 1. The molecule has 0 aliphatic heterocycles. The van der Waals surface area contributed by atoms with Crippen molar-refractivity contribution in [3.63, 3.8) is 0 Å². The molecule has 0 radical (unpaired) electrons. The van der Waals surface area contributed by atoms with E-state index in [0.29, 0.717) is 0 Å². The predicted octanol–water partition coefficient (Wildman–Crippen LogP) is 5.06. The molecule has 0 fully saturated rings. The Bertz CT molecular complexity index is 530. The molecule has 2 aromatic rings. The first kappa shape index (κ1) is 12.1. The molecule has 0 bridgehead atoms. The summed E-state index contributed by atoms with van der Waals surface area (Å²) in [7, 11) is 0. The van der Waals surface area contributed by atoms with Gasteiger partial charge in [0.1, 0.15) is 5.01 Å². The molecule has 0 spiro atoms. The molecular formula is C15H17NS. The van der Waals surface area contributed by atoms with Crippen LogP contribution in [0.3, 0.4) is 0 Å². The molecule has 0 amide bonds. The van der Waals surface area contributed by atoms with Gasteiger partial charge in [-0.25, -0.2) is 4.98 Å². The Balaban J connectivity index is 2.36. The Morgan fingerprint density at radius 3 is 2.82 bits per heavy atom. The zero-order chi connectivity index (χ0) is 12.3. The highest BCUT2D eigenvalue weighted by molar-refractivity contribution is 7.19. The minimum absolute atomic E-state index is 1.05. The van der Waals surface area contributed by atoms with Gasteiger partial charge in [0.25, 0.3) is 0 Å². The molecule has 1 aromatic carbocycles. The van der Waals surface area contributed by atoms with Gasteiger partial charge in [-0.3, -0.25) is 0 Å². The molecule has 0 saturated carbocycles. The molecule has 0 saturated heterocycles. The van der Waals surface area contributed by atoms with E-state index in [1.54, 1.807) is 11.3 Å².